The number of carbonyl (C=O) groups is 1. The highest BCUT2D eigenvalue weighted by molar-refractivity contribution is 5.78. The first kappa shape index (κ1) is 9.48. The van der Waals surface area contributed by atoms with Gasteiger partial charge in [0.2, 0.25) is 5.91 Å². The maximum absolute atomic E-state index is 10.8. The Hall–Kier alpha value is -0.610. The molecule has 1 fully saturated rings. The first-order valence-electron chi connectivity index (χ1n) is 4.29. The summed E-state index contributed by atoms with van der Waals surface area (Å²) < 4.78 is 10.4. The van der Waals surface area contributed by atoms with Crippen LogP contribution in [-0.4, -0.2) is 31.8 Å². The van der Waals surface area contributed by atoms with Crippen LogP contribution in [0.4, 0.5) is 0 Å². The summed E-state index contributed by atoms with van der Waals surface area (Å²) in [7, 11) is 0. The Balaban J connectivity index is 2.33. The number of ether oxygens (including phenoxy) is 2. The molecule has 1 unspecified atom stereocenters. The first-order valence-corrected chi connectivity index (χ1v) is 4.29. The molecule has 0 bridgehead atoms. The maximum Gasteiger partial charge on any atom is 0.246 e. The van der Waals surface area contributed by atoms with Gasteiger partial charge in [-0.05, 0) is 19.3 Å². The molecular formula is C8H15NO3. The highest BCUT2D eigenvalue weighted by Crippen LogP contribution is 2.07. The molecule has 0 saturated carbocycles. The minimum atomic E-state index is -0.410. The molecule has 70 valence electrons. The summed E-state index contributed by atoms with van der Waals surface area (Å²) in [6, 6.07) is 0. The number of primary amides is 1. The number of rotatable bonds is 1. The third-order valence-corrected chi connectivity index (χ3v) is 1.87. The van der Waals surface area contributed by atoms with Crippen molar-refractivity contribution in [1.29, 1.82) is 0 Å². The second kappa shape index (κ2) is 5.11. The van der Waals surface area contributed by atoms with E-state index in [0.717, 1.165) is 25.9 Å². The zero-order valence-corrected chi connectivity index (χ0v) is 7.12. The summed E-state index contributed by atoms with van der Waals surface area (Å²) in [5.74, 6) is -0.364. The number of nitrogens with two attached hydrogens (primary N) is 1. The van der Waals surface area contributed by atoms with Crippen LogP contribution in [0, 0.1) is 0 Å². The van der Waals surface area contributed by atoms with Crippen molar-refractivity contribution in [3.8, 4) is 0 Å². The van der Waals surface area contributed by atoms with Crippen LogP contribution in [0.3, 0.4) is 0 Å². The lowest BCUT2D eigenvalue weighted by Crippen LogP contribution is -2.31. The molecule has 0 aromatic rings. The van der Waals surface area contributed by atoms with E-state index in [-0.39, 0.29) is 5.91 Å². The van der Waals surface area contributed by atoms with Crippen molar-refractivity contribution in [3.05, 3.63) is 0 Å². The lowest BCUT2D eigenvalue weighted by Gasteiger charge is -2.11. The van der Waals surface area contributed by atoms with Crippen molar-refractivity contribution >= 4 is 5.91 Å². The van der Waals surface area contributed by atoms with E-state index >= 15 is 0 Å². The van der Waals surface area contributed by atoms with Gasteiger partial charge < -0.3 is 15.2 Å². The summed E-state index contributed by atoms with van der Waals surface area (Å²) >= 11 is 0. The Morgan fingerprint density at radius 1 is 1.25 bits per heavy atom. The summed E-state index contributed by atoms with van der Waals surface area (Å²) in [5, 5.41) is 0. The Labute approximate surface area is 72.0 Å². The van der Waals surface area contributed by atoms with Crippen LogP contribution in [0.25, 0.3) is 0 Å². The fraction of sp³-hybridized carbons (Fsp3) is 0.875. The number of carbonyl (C=O) groups excluding carboxylic acids is 1. The topological polar surface area (TPSA) is 61.6 Å². The highest BCUT2D eigenvalue weighted by atomic mass is 16.5. The van der Waals surface area contributed by atoms with Crippen LogP contribution in [0.15, 0.2) is 0 Å². The quantitative estimate of drug-likeness (QED) is 0.609. The fourth-order valence-corrected chi connectivity index (χ4v) is 1.19. The number of hydrogen-bond donors (Lipinski definition) is 1. The average Bonchev–Trinajstić information content (AvgIpc) is 2.15. The van der Waals surface area contributed by atoms with Gasteiger partial charge >= 0.3 is 0 Å². The molecule has 0 aromatic carbocycles. The Morgan fingerprint density at radius 2 is 2.08 bits per heavy atom. The van der Waals surface area contributed by atoms with E-state index < -0.39 is 6.10 Å². The van der Waals surface area contributed by atoms with Crippen molar-refractivity contribution in [1.82, 2.24) is 0 Å². The van der Waals surface area contributed by atoms with Gasteiger partial charge in [-0.2, -0.15) is 0 Å². The fourth-order valence-electron chi connectivity index (χ4n) is 1.19. The molecule has 1 heterocycles. The van der Waals surface area contributed by atoms with Crippen molar-refractivity contribution < 1.29 is 14.3 Å². The van der Waals surface area contributed by atoms with Gasteiger partial charge in [0.1, 0.15) is 6.10 Å². The molecule has 12 heavy (non-hydrogen) atoms. The van der Waals surface area contributed by atoms with E-state index in [4.69, 9.17) is 15.2 Å². The monoisotopic (exact) mass is 173 g/mol. The summed E-state index contributed by atoms with van der Waals surface area (Å²) in [6.45, 7) is 1.78. The second-order valence-corrected chi connectivity index (χ2v) is 2.87. The minimum Gasteiger partial charge on any atom is -0.379 e. The van der Waals surface area contributed by atoms with E-state index in [2.05, 4.69) is 0 Å². The third-order valence-electron chi connectivity index (χ3n) is 1.87. The molecular weight excluding hydrogens is 158 g/mol. The number of amides is 1. The van der Waals surface area contributed by atoms with Gasteiger partial charge in [-0.3, -0.25) is 4.79 Å². The zero-order valence-electron chi connectivity index (χ0n) is 7.12. The van der Waals surface area contributed by atoms with E-state index in [9.17, 15) is 4.79 Å². The summed E-state index contributed by atoms with van der Waals surface area (Å²) in [5.41, 5.74) is 5.13. The largest absolute Gasteiger partial charge is 0.379 e. The smallest absolute Gasteiger partial charge is 0.246 e. The van der Waals surface area contributed by atoms with Gasteiger partial charge in [0.25, 0.3) is 0 Å². The normalized spacial score (nSPS) is 26.8. The predicted octanol–water partition coefficient (Wildman–Crippen LogP) is 0.0574. The SMILES string of the molecule is NC(=O)C1CCCCOCCO1. The highest BCUT2D eigenvalue weighted by Gasteiger charge is 2.15. The summed E-state index contributed by atoms with van der Waals surface area (Å²) in [6.07, 6.45) is 2.23. The Bertz CT molecular complexity index is 139. The molecule has 0 radical (unpaired) electrons. The first-order chi connectivity index (χ1) is 5.80. The average molecular weight is 173 g/mol. The van der Waals surface area contributed by atoms with Gasteiger partial charge in [0, 0.05) is 6.61 Å². The lowest BCUT2D eigenvalue weighted by atomic mass is 10.1. The van der Waals surface area contributed by atoms with Crippen molar-refractivity contribution in [2.24, 2.45) is 5.73 Å². The van der Waals surface area contributed by atoms with Gasteiger partial charge in [0.05, 0.1) is 13.2 Å². The molecule has 0 aliphatic carbocycles. The van der Waals surface area contributed by atoms with E-state index in [1.807, 2.05) is 0 Å². The zero-order chi connectivity index (χ0) is 8.81. The van der Waals surface area contributed by atoms with Crippen molar-refractivity contribution in [2.75, 3.05) is 19.8 Å². The molecule has 0 aromatic heterocycles. The van der Waals surface area contributed by atoms with Crippen LogP contribution in [-0.2, 0) is 14.3 Å². The molecule has 1 saturated heterocycles. The van der Waals surface area contributed by atoms with Crippen LogP contribution in [0.2, 0.25) is 0 Å². The maximum atomic E-state index is 10.8. The minimum absolute atomic E-state index is 0.364. The van der Waals surface area contributed by atoms with Crippen LogP contribution in [0.1, 0.15) is 19.3 Å². The predicted molar refractivity (Wildman–Crippen MR) is 43.6 cm³/mol. The molecule has 1 aliphatic heterocycles. The van der Waals surface area contributed by atoms with Gasteiger partial charge in [0.15, 0.2) is 0 Å². The molecule has 1 rings (SSSR count). The van der Waals surface area contributed by atoms with Gasteiger partial charge in [-0.25, -0.2) is 0 Å². The van der Waals surface area contributed by atoms with Gasteiger partial charge in [-0.15, -0.1) is 0 Å². The third kappa shape index (κ3) is 3.19. The Morgan fingerprint density at radius 3 is 2.83 bits per heavy atom. The molecule has 1 amide bonds. The number of hydrogen-bond acceptors (Lipinski definition) is 3. The van der Waals surface area contributed by atoms with Crippen LogP contribution < -0.4 is 5.73 Å². The molecule has 1 aliphatic rings. The van der Waals surface area contributed by atoms with E-state index in [1.165, 1.54) is 0 Å². The van der Waals surface area contributed by atoms with Crippen molar-refractivity contribution in [3.63, 3.8) is 0 Å². The second-order valence-electron chi connectivity index (χ2n) is 2.87. The van der Waals surface area contributed by atoms with Crippen LogP contribution >= 0.6 is 0 Å². The Kier molecular flexibility index (Phi) is 4.04. The standard InChI is InChI=1S/C8H15NO3/c9-8(10)7-3-1-2-4-11-5-6-12-7/h7H,1-6H2,(H2,9,10). The molecule has 4 nitrogen and oxygen atoms in total. The van der Waals surface area contributed by atoms with Crippen LogP contribution in [0.5, 0.6) is 0 Å². The lowest BCUT2D eigenvalue weighted by molar-refractivity contribution is -0.130. The van der Waals surface area contributed by atoms with Crippen molar-refractivity contribution in [2.45, 2.75) is 25.4 Å². The molecule has 0 spiro atoms. The molecule has 1 atom stereocenters. The van der Waals surface area contributed by atoms with E-state index in [1.54, 1.807) is 0 Å². The van der Waals surface area contributed by atoms with Gasteiger partial charge in [-0.1, -0.05) is 0 Å². The van der Waals surface area contributed by atoms with E-state index in [0.29, 0.717) is 13.2 Å². The summed E-state index contributed by atoms with van der Waals surface area (Å²) in [4.78, 5) is 10.8. The molecule has 2 N–H and O–H groups in total. The molecule has 4 heteroatoms.